The monoisotopic (exact) mass is 324 g/mol. The number of H-pyrrole nitrogens is 2. The molecule has 0 fully saturated rings. The van der Waals surface area contributed by atoms with Crippen LogP contribution in [0.1, 0.15) is 17.2 Å². The summed E-state index contributed by atoms with van der Waals surface area (Å²) in [6, 6.07) is 11.0. The van der Waals surface area contributed by atoms with Gasteiger partial charge in [-0.1, -0.05) is 11.6 Å². The molecular weight excluding hydrogens is 312 g/mol. The third-order valence-electron chi connectivity index (χ3n) is 3.67. The molecule has 0 unspecified atom stereocenters. The number of imidazole rings is 2. The molecule has 7 heteroatoms. The summed E-state index contributed by atoms with van der Waals surface area (Å²) >= 11 is 5.98. The van der Waals surface area contributed by atoms with Gasteiger partial charge in [-0.2, -0.15) is 0 Å². The van der Waals surface area contributed by atoms with E-state index in [9.17, 15) is 0 Å². The topological polar surface area (TPSA) is 107 Å². The molecule has 0 atom stereocenters. The Labute approximate surface area is 136 Å². The minimum Gasteiger partial charge on any atom is -0.384 e. The lowest BCUT2D eigenvalue weighted by Gasteiger charge is -1.95. The molecule has 2 aromatic heterocycles. The van der Waals surface area contributed by atoms with Crippen LogP contribution in [0.15, 0.2) is 36.4 Å². The van der Waals surface area contributed by atoms with Crippen LogP contribution in [0.2, 0.25) is 5.02 Å². The molecule has 2 aromatic carbocycles. The number of nitrogen functional groups attached to an aromatic ring is 1. The second-order valence-electron chi connectivity index (χ2n) is 5.35. The van der Waals surface area contributed by atoms with Gasteiger partial charge in [0.25, 0.3) is 0 Å². The molecule has 0 aliphatic rings. The maximum absolute atomic E-state index is 7.49. The summed E-state index contributed by atoms with van der Waals surface area (Å²) in [6.07, 6.45) is 0.552. The second kappa shape index (κ2) is 5.10. The average Bonchev–Trinajstić information content (AvgIpc) is 3.08. The molecule has 4 aromatic rings. The lowest BCUT2D eigenvalue weighted by atomic mass is 10.2. The molecule has 2 heterocycles. The first-order chi connectivity index (χ1) is 11.1. The normalized spacial score (nSPS) is 11.3. The van der Waals surface area contributed by atoms with Gasteiger partial charge in [0, 0.05) is 10.6 Å². The minimum absolute atomic E-state index is 0.0330. The Bertz CT molecular complexity index is 1050. The van der Waals surface area contributed by atoms with E-state index in [4.69, 9.17) is 22.7 Å². The molecule has 0 aliphatic carbocycles. The third kappa shape index (κ3) is 2.53. The van der Waals surface area contributed by atoms with Crippen molar-refractivity contribution in [3.8, 4) is 0 Å². The molecule has 4 rings (SSSR count). The zero-order valence-corrected chi connectivity index (χ0v) is 12.8. The van der Waals surface area contributed by atoms with Gasteiger partial charge in [-0.15, -0.1) is 0 Å². The minimum atomic E-state index is 0.0330. The van der Waals surface area contributed by atoms with Crippen molar-refractivity contribution in [3.05, 3.63) is 58.6 Å². The van der Waals surface area contributed by atoms with Crippen LogP contribution in [0.3, 0.4) is 0 Å². The standard InChI is InChI=1S/C16H13ClN6/c17-9-2-4-11-13(6-9)23-15(21-11)7-14-20-10-3-1-8(16(18)19)5-12(10)22-14/h1-6H,7H2,(H3,18,19)(H,20,22)(H,21,23). The Kier molecular flexibility index (Phi) is 3.06. The van der Waals surface area contributed by atoms with Crippen molar-refractivity contribution in [1.29, 1.82) is 5.41 Å². The number of nitrogens with one attached hydrogen (secondary N) is 3. The van der Waals surface area contributed by atoms with Crippen molar-refractivity contribution in [3.63, 3.8) is 0 Å². The largest absolute Gasteiger partial charge is 0.384 e. The summed E-state index contributed by atoms with van der Waals surface area (Å²) < 4.78 is 0. The summed E-state index contributed by atoms with van der Waals surface area (Å²) in [5.41, 5.74) is 9.64. The SMILES string of the molecule is N=C(N)c1ccc2[nH]c(Cc3nc4cc(Cl)ccc4[nH]3)nc2c1. The summed E-state index contributed by atoms with van der Waals surface area (Å²) in [6.45, 7) is 0. The number of benzene rings is 2. The van der Waals surface area contributed by atoms with Gasteiger partial charge in [-0.25, -0.2) is 9.97 Å². The number of amidine groups is 1. The quantitative estimate of drug-likeness (QED) is 0.343. The molecule has 0 saturated heterocycles. The third-order valence-corrected chi connectivity index (χ3v) is 3.91. The van der Waals surface area contributed by atoms with Crippen LogP contribution < -0.4 is 5.73 Å². The molecule has 6 nitrogen and oxygen atoms in total. The van der Waals surface area contributed by atoms with E-state index < -0.39 is 0 Å². The highest BCUT2D eigenvalue weighted by atomic mass is 35.5. The Morgan fingerprint density at radius 3 is 2.26 bits per heavy atom. The van der Waals surface area contributed by atoms with E-state index in [0.717, 1.165) is 33.7 Å². The molecule has 114 valence electrons. The van der Waals surface area contributed by atoms with Crippen LogP contribution in [-0.2, 0) is 6.42 Å². The first-order valence-corrected chi connectivity index (χ1v) is 7.43. The number of fused-ring (bicyclic) bond motifs is 2. The molecule has 5 N–H and O–H groups in total. The van der Waals surface area contributed by atoms with E-state index in [1.54, 1.807) is 12.1 Å². The second-order valence-corrected chi connectivity index (χ2v) is 5.79. The molecule has 0 aliphatic heterocycles. The molecular formula is C16H13ClN6. The fourth-order valence-corrected chi connectivity index (χ4v) is 2.75. The number of hydrogen-bond donors (Lipinski definition) is 4. The highest BCUT2D eigenvalue weighted by Gasteiger charge is 2.09. The number of nitrogens with zero attached hydrogens (tertiary/aromatic N) is 2. The lowest BCUT2D eigenvalue weighted by molar-refractivity contribution is 0.960. The van der Waals surface area contributed by atoms with Gasteiger partial charge in [0.1, 0.15) is 17.5 Å². The van der Waals surface area contributed by atoms with Gasteiger partial charge in [-0.05, 0) is 36.4 Å². The van der Waals surface area contributed by atoms with Crippen molar-refractivity contribution in [1.82, 2.24) is 19.9 Å². The van der Waals surface area contributed by atoms with E-state index in [2.05, 4.69) is 19.9 Å². The van der Waals surface area contributed by atoms with E-state index in [1.807, 2.05) is 24.3 Å². The first-order valence-electron chi connectivity index (χ1n) is 7.06. The smallest absolute Gasteiger partial charge is 0.122 e. The number of aromatic amines is 2. The molecule has 0 saturated carbocycles. The number of aromatic nitrogens is 4. The van der Waals surface area contributed by atoms with Crippen molar-refractivity contribution in [2.75, 3.05) is 0 Å². The van der Waals surface area contributed by atoms with Crippen molar-refractivity contribution in [2.45, 2.75) is 6.42 Å². The van der Waals surface area contributed by atoms with E-state index >= 15 is 0 Å². The molecule has 23 heavy (non-hydrogen) atoms. The van der Waals surface area contributed by atoms with Gasteiger partial charge in [-0.3, -0.25) is 5.41 Å². The summed E-state index contributed by atoms with van der Waals surface area (Å²) in [5, 5.41) is 8.15. The van der Waals surface area contributed by atoms with Gasteiger partial charge in [0.2, 0.25) is 0 Å². The molecule has 0 radical (unpaired) electrons. The first kappa shape index (κ1) is 13.8. The van der Waals surface area contributed by atoms with Crippen molar-refractivity contribution >= 4 is 39.5 Å². The summed E-state index contributed by atoms with van der Waals surface area (Å²) in [7, 11) is 0. The maximum atomic E-state index is 7.49. The highest BCUT2D eigenvalue weighted by molar-refractivity contribution is 6.31. The number of nitrogens with two attached hydrogens (primary N) is 1. The predicted octanol–water partition coefficient (Wildman–Crippen LogP) is 2.97. The fraction of sp³-hybridized carbons (Fsp3) is 0.0625. The summed E-state index contributed by atoms with van der Waals surface area (Å²) in [5.74, 6) is 1.64. The van der Waals surface area contributed by atoms with E-state index in [1.165, 1.54) is 0 Å². The van der Waals surface area contributed by atoms with Crippen LogP contribution in [0.25, 0.3) is 22.1 Å². The maximum Gasteiger partial charge on any atom is 0.122 e. The van der Waals surface area contributed by atoms with Crippen LogP contribution in [-0.4, -0.2) is 25.8 Å². The van der Waals surface area contributed by atoms with Crippen LogP contribution in [0, 0.1) is 5.41 Å². The van der Waals surface area contributed by atoms with Crippen molar-refractivity contribution in [2.24, 2.45) is 5.73 Å². The van der Waals surface area contributed by atoms with E-state index in [-0.39, 0.29) is 5.84 Å². The fourth-order valence-electron chi connectivity index (χ4n) is 2.58. The highest BCUT2D eigenvalue weighted by Crippen LogP contribution is 2.19. The Morgan fingerprint density at radius 1 is 1.00 bits per heavy atom. The predicted molar refractivity (Wildman–Crippen MR) is 91.0 cm³/mol. The molecule has 0 amide bonds. The van der Waals surface area contributed by atoms with Gasteiger partial charge < -0.3 is 15.7 Å². The number of hydrogen-bond acceptors (Lipinski definition) is 3. The van der Waals surface area contributed by atoms with Crippen LogP contribution in [0.4, 0.5) is 0 Å². The lowest BCUT2D eigenvalue weighted by Crippen LogP contribution is -2.10. The van der Waals surface area contributed by atoms with E-state index in [0.29, 0.717) is 17.0 Å². The van der Waals surface area contributed by atoms with Crippen molar-refractivity contribution < 1.29 is 0 Å². The van der Waals surface area contributed by atoms with Crippen LogP contribution in [0.5, 0.6) is 0 Å². The molecule has 0 bridgehead atoms. The Hall–Kier alpha value is -2.86. The Morgan fingerprint density at radius 2 is 1.61 bits per heavy atom. The average molecular weight is 325 g/mol. The number of halogens is 1. The van der Waals surface area contributed by atoms with Gasteiger partial charge >= 0.3 is 0 Å². The number of rotatable bonds is 3. The van der Waals surface area contributed by atoms with Gasteiger partial charge in [0.05, 0.1) is 28.5 Å². The zero-order valence-electron chi connectivity index (χ0n) is 12.0. The summed E-state index contributed by atoms with van der Waals surface area (Å²) in [4.78, 5) is 15.6. The molecule has 0 spiro atoms. The van der Waals surface area contributed by atoms with Crippen LogP contribution >= 0.6 is 11.6 Å². The van der Waals surface area contributed by atoms with Gasteiger partial charge in [0.15, 0.2) is 0 Å². The Balaban J connectivity index is 1.69. The zero-order chi connectivity index (χ0) is 16.0.